The SMILES string of the molecule is COc1ccc(/C(C)=C2\OC(=O)C(C)=C2C)cc1. The van der Waals surface area contributed by atoms with Crippen LogP contribution >= 0.6 is 0 Å². The molecule has 1 heterocycles. The van der Waals surface area contributed by atoms with Gasteiger partial charge >= 0.3 is 5.97 Å². The number of carbonyl (C=O) groups is 1. The monoisotopic (exact) mass is 244 g/mol. The Balaban J connectivity index is 2.42. The van der Waals surface area contributed by atoms with Crippen molar-refractivity contribution in [3.05, 3.63) is 46.7 Å². The van der Waals surface area contributed by atoms with Crippen LogP contribution in [-0.4, -0.2) is 13.1 Å². The van der Waals surface area contributed by atoms with E-state index in [-0.39, 0.29) is 5.97 Å². The number of cyclic esters (lactones) is 1. The molecular formula is C15H16O3. The summed E-state index contributed by atoms with van der Waals surface area (Å²) in [4.78, 5) is 11.5. The Hall–Kier alpha value is -2.03. The Morgan fingerprint density at radius 2 is 1.72 bits per heavy atom. The molecular weight excluding hydrogens is 228 g/mol. The number of benzene rings is 1. The first kappa shape index (κ1) is 12.4. The Morgan fingerprint density at radius 3 is 2.17 bits per heavy atom. The van der Waals surface area contributed by atoms with Crippen molar-refractivity contribution in [2.45, 2.75) is 20.8 Å². The second-order valence-corrected chi connectivity index (χ2v) is 4.32. The molecule has 0 amide bonds. The lowest BCUT2D eigenvalue weighted by Gasteiger charge is -2.08. The molecule has 3 nitrogen and oxygen atoms in total. The van der Waals surface area contributed by atoms with Crippen molar-refractivity contribution in [1.29, 1.82) is 0 Å². The van der Waals surface area contributed by atoms with E-state index in [1.807, 2.05) is 38.1 Å². The van der Waals surface area contributed by atoms with Gasteiger partial charge in [0.25, 0.3) is 0 Å². The molecule has 0 N–H and O–H groups in total. The fraction of sp³-hybridized carbons (Fsp3) is 0.267. The van der Waals surface area contributed by atoms with Crippen LogP contribution < -0.4 is 4.74 Å². The van der Waals surface area contributed by atoms with Gasteiger partial charge in [-0.2, -0.15) is 0 Å². The van der Waals surface area contributed by atoms with Crippen molar-refractivity contribution in [2.24, 2.45) is 0 Å². The minimum atomic E-state index is -0.254. The van der Waals surface area contributed by atoms with Gasteiger partial charge in [-0.05, 0) is 44.0 Å². The van der Waals surface area contributed by atoms with Crippen molar-refractivity contribution in [2.75, 3.05) is 7.11 Å². The van der Waals surface area contributed by atoms with E-state index in [0.29, 0.717) is 11.3 Å². The van der Waals surface area contributed by atoms with E-state index in [4.69, 9.17) is 9.47 Å². The van der Waals surface area contributed by atoms with Gasteiger partial charge in [0.05, 0.1) is 7.11 Å². The second kappa shape index (κ2) is 4.69. The summed E-state index contributed by atoms with van der Waals surface area (Å²) in [7, 11) is 1.63. The van der Waals surface area contributed by atoms with Gasteiger partial charge in [0.2, 0.25) is 0 Å². The molecule has 1 aliphatic heterocycles. The second-order valence-electron chi connectivity index (χ2n) is 4.32. The van der Waals surface area contributed by atoms with Crippen LogP contribution in [0.1, 0.15) is 26.3 Å². The highest BCUT2D eigenvalue weighted by molar-refractivity contribution is 5.95. The summed E-state index contributed by atoms with van der Waals surface area (Å²) in [5.74, 6) is 1.22. The number of hydrogen-bond acceptors (Lipinski definition) is 3. The molecule has 0 bridgehead atoms. The van der Waals surface area contributed by atoms with E-state index >= 15 is 0 Å². The van der Waals surface area contributed by atoms with Crippen molar-refractivity contribution < 1.29 is 14.3 Å². The summed E-state index contributed by atoms with van der Waals surface area (Å²) in [6.07, 6.45) is 0. The molecule has 0 aromatic heterocycles. The van der Waals surface area contributed by atoms with E-state index in [9.17, 15) is 4.79 Å². The first-order valence-corrected chi connectivity index (χ1v) is 5.80. The van der Waals surface area contributed by atoms with Gasteiger partial charge in [-0.15, -0.1) is 0 Å². The topological polar surface area (TPSA) is 35.5 Å². The molecule has 1 aromatic carbocycles. The van der Waals surface area contributed by atoms with Crippen LogP contribution in [0.15, 0.2) is 41.2 Å². The van der Waals surface area contributed by atoms with E-state index in [1.165, 1.54) is 0 Å². The fourth-order valence-corrected chi connectivity index (χ4v) is 1.90. The van der Waals surface area contributed by atoms with Gasteiger partial charge in [-0.3, -0.25) is 0 Å². The van der Waals surface area contributed by atoms with Crippen LogP contribution in [0.4, 0.5) is 0 Å². The number of hydrogen-bond donors (Lipinski definition) is 0. The third-order valence-corrected chi connectivity index (χ3v) is 3.27. The number of esters is 1. The van der Waals surface area contributed by atoms with E-state index < -0.39 is 0 Å². The molecule has 0 atom stereocenters. The number of carbonyl (C=O) groups excluding carboxylic acids is 1. The average Bonchev–Trinajstić information content (AvgIpc) is 2.66. The molecule has 18 heavy (non-hydrogen) atoms. The minimum Gasteiger partial charge on any atom is -0.497 e. The smallest absolute Gasteiger partial charge is 0.339 e. The van der Waals surface area contributed by atoms with Crippen molar-refractivity contribution >= 4 is 11.5 Å². The van der Waals surface area contributed by atoms with Gasteiger partial charge in [-0.25, -0.2) is 4.79 Å². The van der Waals surface area contributed by atoms with Crippen molar-refractivity contribution in [3.63, 3.8) is 0 Å². The lowest BCUT2D eigenvalue weighted by Crippen LogP contribution is -1.96. The Kier molecular flexibility index (Phi) is 3.24. The molecule has 0 saturated heterocycles. The minimum absolute atomic E-state index is 0.254. The maximum absolute atomic E-state index is 11.5. The summed E-state index contributed by atoms with van der Waals surface area (Å²) >= 11 is 0. The van der Waals surface area contributed by atoms with Gasteiger partial charge in [0, 0.05) is 11.1 Å². The lowest BCUT2D eigenvalue weighted by molar-refractivity contribution is -0.133. The van der Waals surface area contributed by atoms with Crippen molar-refractivity contribution in [1.82, 2.24) is 0 Å². The first-order valence-electron chi connectivity index (χ1n) is 5.80. The zero-order chi connectivity index (χ0) is 13.3. The number of rotatable bonds is 2. The van der Waals surface area contributed by atoms with Crippen LogP contribution in [0.3, 0.4) is 0 Å². The fourth-order valence-electron chi connectivity index (χ4n) is 1.90. The van der Waals surface area contributed by atoms with E-state index in [1.54, 1.807) is 14.0 Å². The molecule has 0 fully saturated rings. The molecule has 1 aromatic rings. The summed E-state index contributed by atoms with van der Waals surface area (Å²) in [5.41, 5.74) is 3.57. The largest absolute Gasteiger partial charge is 0.497 e. The molecule has 1 aliphatic rings. The Bertz CT molecular complexity index is 548. The highest BCUT2D eigenvalue weighted by Gasteiger charge is 2.25. The predicted molar refractivity (Wildman–Crippen MR) is 70.1 cm³/mol. The van der Waals surface area contributed by atoms with Gasteiger partial charge < -0.3 is 9.47 Å². The third kappa shape index (κ3) is 2.04. The Labute approximate surface area is 107 Å². The summed E-state index contributed by atoms with van der Waals surface area (Å²) < 4.78 is 10.4. The zero-order valence-corrected chi connectivity index (χ0v) is 11.0. The van der Waals surface area contributed by atoms with Crippen LogP contribution in [0, 0.1) is 0 Å². The normalized spacial score (nSPS) is 17.9. The van der Waals surface area contributed by atoms with E-state index in [0.717, 1.165) is 22.5 Å². The standard InChI is InChI=1S/C15H16O3/c1-9-10(2)15(16)18-14(9)11(3)12-5-7-13(17-4)8-6-12/h5-8H,1-4H3/b14-11-. The molecule has 0 radical (unpaired) electrons. The van der Waals surface area contributed by atoms with Gasteiger partial charge in [-0.1, -0.05) is 12.1 Å². The van der Waals surface area contributed by atoms with Gasteiger partial charge in [0.15, 0.2) is 0 Å². The summed E-state index contributed by atoms with van der Waals surface area (Å²) in [5, 5.41) is 0. The summed E-state index contributed by atoms with van der Waals surface area (Å²) in [6.45, 7) is 5.64. The predicted octanol–water partition coefficient (Wildman–Crippen LogP) is 3.32. The number of methoxy groups -OCH3 is 1. The lowest BCUT2D eigenvalue weighted by atomic mass is 10.0. The third-order valence-electron chi connectivity index (χ3n) is 3.27. The van der Waals surface area contributed by atoms with Gasteiger partial charge in [0.1, 0.15) is 11.5 Å². The quantitative estimate of drug-likeness (QED) is 0.749. The molecule has 0 unspecified atom stereocenters. The van der Waals surface area contributed by atoms with Crippen molar-refractivity contribution in [3.8, 4) is 5.75 Å². The average molecular weight is 244 g/mol. The highest BCUT2D eigenvalue weighted by atomic mass is 16.5. The van der Waals surface area contributed by atoms with Crippen LogP contribution in [0.25, 0.3) is 5.57 Å². The highest BCUT2D eigenvalue weighted by Crippen LogP contribution is 2.32. The number of allylic oxidation sites excluding steroid dienone is 2. The zero-order valence-electron chi connectivity index (χ0n) is 11.0. The summed E-state index contributed by atoms with van der Waals surface area (Å²) in [6, 6.07) is 7.69. The molecule has 2 rings (SSSR count). The molecule has 3 heteroatoms. The van der Waals surface area contributed by atoms with Crippen LogP contribution in [0.2, 0.25) is 0 Å². The van der Waals surface area contributed by atoms with Crippen LogP contribution in [-0.2, 0) is 9.53 Å². The van der Waals surface area contributed by atoms with Crippen LogP contribution in [0.5, 0.6) is 5.75 Å². The number of ether oxygens (including phenoxy) is 2. The first-order chi connectivity index (χ1) is 8.54. The Morgan fingerprint density at radius 1 is 1.11 bits per heavy atom. The van der Waals surface area contributed by atoms with E-state index in [2.05, 4.69) is 0 Å². The molecule has 0 aliphatic carbocycles. The maximum Gasteiger partial charge on any atom is 0.339 e. The molecule has 0 saturated carbocycles. The maximum atomic E-state index is 11.5. The molecule has 0 spiro atoms. The molecule has 94 valence electrons.